The minimum Gasteiger partial charge on any atom is -0.489 e. The fourth-order valence-electron chi connectivity index (χ4n) is 3.01. The van der Waals surface area contributed by atoms with Crippen LogP contribution in [0.4, 0.5) is 5.69 Å². The molecule has 0 bridgehead atoms. The maximum atomic E-state index is 12.8. The van der Waals surface area contributed by atoms with Crippen LogP contribution in [0.3, 0.4) is 0 Å². The zero-order valence-electron chi connectivity index (χ0n) is 17.1. The maximum absolute atomic E-state index is 12.8. The third-order valence-corrected chi connectivity index (χ3v) is 5.96. The molecule has 32 heavy (non-hydrogen) atoms. The Morgan fingerprint density at radius 3 is 2.53 bits per heavy atom. The highest BCUT2D eigenvalue weighted by atomic mass is 32.2. The first kappa shape index (κ1) is 21.7. The van der Waals surface area contributed by atoms with Gasteiger partial charge in [0.1, 0.15) is 12.4 Å². The number of esters is 1. The van der Waals surface area contributed by atoms with Crippen LogP contribution in [-0.2, 0) is 16.1 Å². The number of hydrogen-bond acceptors (Lipinski definition) is 7. The molecule has 6 nitrogen and oxygen atoms in total. The van der Waals surface area contributed by atoms with E-state index in [1.807, 2.05) is 42.5 Å². The molecule has 1 saturated heterocycles. The third kappa shape index (κ3) is 4.87. The fraction of sp³-hybridized carbons (Fsp3) is 0.0833. The Kier molecular flexibility index (Phi) is 6.63. The van der Waals surface area contributed by atoms with E-state index in [1.165, 1.54) is 23.8 Å². The molecule has 3 aromatic rings. The molecule has 1 fully saturated rings. The largest absolute Gasteiger partial charge is 0.489 e. The zero-order chi connectivity index (χ0) is 22.5. The number of ether oxygens (including phenoxy) is 2. The van der Waals surface area contributed by atoms with Gasteiger partial charge in [0.25, 0.3) is 5.91 Å². The minimum atomic E-state index is -0.370. The van der Waals surface area contributed by atoms with Crippen LogP contribution in [0.2, 0.25) is 0 Å². The summed E-state index contributed by atoms with van der Waals surface area (Å²) in [6.07, 6.45) is 5.08. The van der Waals surface area contributed by atoms with E-state index in [2.05, 4.69) is 4.98 Å². The van der Waals surface area contributed by atoms with Crippen molar-refractivity contribution in [3.8, 4) is 5.75 Å². The molecule has 0 radical (unpaired) electrons. The number of anilines is 1. The highest BCUT2D eigenvalue weighted by Gasteiger charge is 2.33. The average molecular weight is 463 g/mol. The first-order valence-corrected chi connectivity index (χ1v) is 10.9. The molecule has 2 aromatic carbocycles. The van der Waals surface area contributed by atoms with Gasteiger partial charge < -0.3 is 9.47 Å². The smallest absolute Gasteiger partial charge is 0.337 e. The van der Waals surface area contributed by atoms with Gasteiger partial charge >= 0.3 is 5.97 Å². The molecule has 4 rings (SSSR count). The van der Waals surface area contributed by atoms with E-state index in [0.717, 1.165) is 11.1 Å². The molecule has 1 aliphatic heterocycles. The van der Waals surface area contributed by atoms with Gasteiger partial charge in [0, 0.05) is 6.20 Å². The number of aromatic nitrogens is 1. The fourth-order valence-corrected chi connectivity index (χ4v) is 4.31. The van der Waals surface area contributed by atoms with Gasteiger partial charge in [-0.25, -0.2) is 4.79 Å². The summed E-state index contributed by atoms with van der Waals surface area (Å²) in [5.74, 6) is 0.163. The molecule has 1 amide bonds. The number of hydrogen-bond donors (Lipinski definition) is 0. The summed E-state index contributed by atoms with van der Waals surface area (Å²) >= 11 is 6.64. The Labute approximate surface area is 194 Å². The second-order valence-electron chi connectivity index (χ2n) is 6.77. The Hall–Kier alpha value is -3.49. The first-order valence-electron chi connectivity index (χ1n) is 9.63. The topological polar surface area (TPSA) is 68.7 Å². The number of nitrogens with zero attached hydrogens (tertiary/aromatic N) is 2. The molecule has 160 valence electrons. The van der Waals surface area contributed by atoms with E-state index in [-0.39, 0.29) is 11.9 Å². The van der Waals surface area contributed by atoms with Crippen molar-refractivity contribution < 1.29 is 19.1 Å². The molecule has 0 saturated carbocycles. The van der Waals surface area contributed by atoms with E-state index in [9.17, 15) is 9.59 Å². The summed E-state index contributed by atoms with van der Waals surface area (Å²) in [7, 11) is 1.35. The van der Waals surface area contributed by atoms with Crippen LogP contribution in [0.1, 0.15) is 21.5 Å². The SMILES string of the molecule is COC(=O)c1ccc(COc2ccc(/C=C3\SC(=S)N(c4cccnc4)C3=O)cc2)cc1. The van der Waals surface area contributed by atoms with Crippen molar-refractivity contribution in [2.75, 3.05) is 12.0 Å². The van der Waals surface area contributed by atoms with Gasteiger partial charge in [-0.2, -0.15) is 0 Å². The number of pyridine rings is 1. The van der Waals surface area contributed by atoms with Crippen molar-refractivity contribution in [2.45, 2.75) is 6.61 Å². The summed E-state index contributed by atoms with van der Waals surface area (Å²) in [5, 5.41) is 0. The number of thiocarbonyl (C=S) groups is 1. The molecule has 2 heterocycles. The number of carbonyl (C=O) groups excluding carboxylic acids is 2. The number of thioether (sulfide) groups is 1. The van der Waals surface area contributed by atoms with Crippen LogP contribution in [0, 0.1) is 0 Å². The number of amides is 1. The van der Waals surface area contributed by atoms with Crippen LogP contribution in [-0.4, -0.2) is 28.3 Å². The van der Waals surface area contributed by atoms with E-state index < -0.39 is 0 Å². The number of rotatable bonds is 6. The molecular weight excluding hydrogens is 444 g/mol. The molecule has 0 N–H and O–H groups in total. The van der Waals surface area contributed by atoms with E-state index in [1.54, 1.807) is 36.7 Å². The second-order valence-corrected chi connectivity index (χ2v) is 8.45. The van der Waals surface area contributed by atoms with Crippen LogP contribution in [0.25, 0.3) is 6.08 Å². The first-order chi connectivity index (χ1) is 15.5. The van der Waals surface area contributed by atoms with Gasteiger partial charge in [-0.05, 0) is 53.6 Å². The Morgan fingerprint density at radius 1 is 1.12 bits per heavy atom. The number of methoxy groups -OCH3 is 1. The number of carbonyl (C=O) groups is 2. The lowest BCUT2D eigenvalue weighted by Crippen LogP contribution is -2.27. The predicted molar refractivity (Wildman–Crippen MR) is 128 cm³/mol. The molecule has 0 spiro atoms. The molecule has 0 aliphatic carbocycles. The highest BCUT2D eigenvalue weighted by molar-refractivity contribution is 8.27. The summed E-state index contributed by atoms with van der Waals surface area (Å²) in [6, 6.07) is 18.1. The lowest BCUT2D eigenvalue weighted by Gasteiger charge is -2.13. The normalized spacial score (nSPS) is 14.7. The Bertz CT molecular complexity index is 1180. The van der Waals surface area contributed by atoms with Gasteiger partial charge in [-0.15, -0.1) is 0 Å². The lowest BCUT2D eigenvalue weighted by molar-refractivity contribution is -0.113. The lowest BCUT2D eigenvalue weighted by atomic mass is 10.1. The van der Waals surface area contributed by atoms with Crippen molar-refractivity contribution in [3.05, 3.63) is 94.7 Å². The highest BCUT2D eigenvalue weighted by Crippen LogP contribution is 2.35. The van der Waals surface area contributed by atoms with Crippen molar-refractivity contribution in [1.29, 1.82) is 0 Å². The van der Waals surface area contributed by atoms with Crippen LogP contribution >= 0.6 is 24.0 Å². The summed E-state index contributed by atoms with van der Waals surface area (Å²) in [4.78, 5) is 30.4. The molecule has 8 heteroatoms. The van der Waals surface area contributed by atoms with Gasteiger partial charge in [0.05, 0.1) is 29.5 Å². The summed E-state index contributed by atoms with van der Waals surface area (Å²) in [5.41, 5.74) is 2.95. The summed E-state index contributed by atoms with van der Waals surface area (Å²) in [6.45, 7) is 0.366. The standard InChI is InChI=1S/C24H18N2O4S2/c1-29-23(28)18-8-4-17(5-9-18)15-30-20-10-6-16(7-11-20)13-21-22(27)26(24(31)32-21)19-3-2-12-25-14-19/h2-14H,15H2,1H3/b21-13-. The van der Waals surface area contributed by atoms with Gasteiger partial charge in [-0.3, -0.25) is 14.7 Å². The average Bonchev–Trinajstić information content (AvgIpc) is 3.11. The van der Waals surface area contributed by atoms with Gasteiger partial charge in [0.2, 0.25) is 0 Å². The molecule has 1 aliphatic rings. The van der Waals surface area contributed by atoms with Crippen LogP contribution in [0.5, 0.6) is 5.75 Å². The maximum Gasteiger partial charge on any atom is 0.337 e. The molecule has 0 unspecified atom stereocenters. The van der Waals surface area contributed by atoms with E-state index >= 15 is 0 Å². The Balaban J connectivity index is 1.39. The van der Waals surface area contributed by atoms with Crippen molar-refractivity contribution >= 4 is 51.9 Å². The summed E-state index contributed by atoms with van der Waals surface area (Å²) < 4.78 is 11.0. The molecule has 0 atom stereocenters. The van der Waals surface area contributed by atoms with Crippen LogP contribution in [0.15, 0.2) is 78.0 Å². The van der Waals surface area contributed by atoms with E-state index in [0.29, 0.717) is 32.8 Å². The Morgan fingerprint density at radius 2 is 1.88 bits per heavy atom. The van der Waals surface area contributed by atoms with Crippen LogP contribution < -0.4 is 9.64 Å². The zero-order valence-corrected chi connectivity index (χ0v) is 18.7. The van der Waals surface area contributed by atoms with Gasteiger partial charge in [0.15, 0.2) is 4.32 Å². The monoisotopic (exact) mass is 462 g/mol. The molecule has 1 aromatic heterocycles. The van der Waals surface area contributed by atoms with Crippen molar-refractivity contribution in [1.82, 2.24) is 4.98 Å². The van der Waals surface area contributed by atoms with Gasteiger partial charge in [-0.1, -0.05) is 48.2 Å². The quantitative estimate of drug-likeness (QED) is 0.295. The number of benzene rings is 2. The second kappa shape index (κ2) is 9.76. The van der Waals surface area contributed by atoms with Crippen molar-refractivity contribution in [2.24, 2.45) is 0 Å². The minimum absolute atomic E-state index is 0.163. The predicted octanol–water partition coefficient (Wildman–Crippen LogP) is 4.85. The molecular formula is C24H18N2O4S2. The van der Waals surface area contributed by atoms with Crippen molar-refractivity contribution in [3.63, 3.8) is 0 Å². The van der Waals surface area contributed by atoms with E-state index in [4.69, 9.17) is 21.7 Å². The third-order valence-electron chi connectivity index (χ3n) is 4.66.